The molecule has 0 aromatic carbocycles. The first kappa shape index (κ1) is 19.9. The molecule has 4 atom stereocenters. The highest BCUT2D eigenvalue weighted by atomic mass is 16.5. The summed E-state index contributed by atoms with van der Waals surface area (Å²) in [4.78, 5) is 16.2. The monoisotopic (exact) mass is 385 g/mol. The van der Waals surface area contributed by atoms with Crippen LogP contribution < -0.4 is 5.32 Å². The summed E-state index contributed by atoms with van der Waals surface area (Å²) in [6, 6.07) is 5.43. The van der Waals surface area contributed by atoms with Crippen LogP contribution in [0, 0.1) is 17.2 Å². The lowest BCUT2D eigenvalue weighted by Crippen LogP contribution is -2.34. The quantitative estimate of drug-likeness (QED) is 0.609. The van der Waals surface area contributed by atoms with E-state index in [4.69, 9.17) is 4.74 Å². The van der Waals surface area contributed by atoms with E-state index in [0.717, 1.165) is 12.8 Å². The van der Waals surface area contributed by atoms with E-state index in [9.17, 15) is 20.3 Å². The number of aromatic nitrogens is 3. The van der Waals surface area contributed by atoms with Crippen LogP contribution >= 0.6 is 0 Å². The molecule has 9 nitrogen and oxygen atoms in total. The minimum atomic E-state index is -1.58. The van der Waals surface area contributed by atoms with Gasteiger partial charge in [-0.2, -0.15) is 10.4 Å². The number of hydrogen-bond acceptors (Lipinski definition) is 7. The van der Waals surface area contributed by atoms with Gasteiger partial charge in [0.05, 0.1) is 24.3 Å². The molecule has 3 rings (SSSR count). The van der Waals surface area contributed by atoms with Gasteiger partial charge < -0.3 is 20.3 Å². The molecule has 1 amide bonds. The molecule has 1 fully saturated rings. The highest BCUT2D eigenvalue weighted by molar-refractivity contribution is 5.93. The maximum atomic E-state index is 12.1. The van der Waals surface area contributed by atoms with Gasteiger partial charge in [-0.3, -0.25) is 4.79 Å². The first-order chi connectivity index (χ1) is 13.5. The summed E-state index contributed by atoms with van der Waals surface area (Å²) in [6.45, 7) is 5.27. The Morgan fingerprint density at radius 1 is 1.57 bits per heavy atom. The molecule has 3 N–H and O–H groups in total. The fraction of sp³-hybridized carbons (Fsp3) is 0.474. The average Bonchev–Trinajstić information content (AvgIpc) is 3.26. The average molecular weight is 385 g/mol. The number of fused-ring (bicyclic) bond motifs is 1. The van der Waals surface area contributed by atoms with Crippen LogP contribution in [0.2, 0.25) is 0 Å². The molecular weight excluding hydrogens is 362 g/mol. The summed E-state index contributed by atoms with van der Waals surface area (Å²) in [7, 11) is 0. The number of amides is 1. The third-order valence-electron chi connectivity index (χ3n) is 5.00. The summed E-state index contributed by atoms with van der Waals surface area (Å²) in [5, 5.41) is 36.8. The molecule has 0 spiro atoms. The number of carbonyl (C=O) groups is 1. The van der Waals surface area contributed by atoms with Crippen molar-refractivity contribution in [3.63, 3.8) is 0 Å². The van der Waals surface area contributed by atoms with E-state index in [1.54, 1.807) is 12.1 Å². The SMILES string of the molecule is C=C[C@@H]1[C@H](O)[C@@H](CO)O[C@@]1(C#N)c1ccc2c(NC(=O)CCCC)ncnn12. The number of anilines is 1. The standard InChI is InChI=1S/C19H23N5O4/c1-3-5-6-16(26)23-18-13-7-8-15(24(13)22-11-21-18)19(10-20)12(4-2)17(27)14(9-25)28-19/h4,7-8,11-12,14,17,25,27H,2-3,5-6,9H2,1H3,(H,21,22,23,26)/t12-,14-,17+,19-/m1/s1. The van der Waals surface area contributed by atoms with Gasteiger partial charge in [-0.15, -0.1) is 6.58 Å². The van der Waals surface area contributed by atoms with Gasteiger partial charge in [0.1, 0.15) is 24.0 Å². The van der Waals surface area contributed by atoms with E-state index in [2.05, 4.69) is 28.0 Å². The minimum absolute atomic E-state index is 0.156. The molecule has 2 aromatic rings. The lowest BCUT2D eigenvalue weighted by atomic mass is 9.83. The van der Waals surface area contributed by atoms with Gasteiger partial charge in [-0.25, -0.2) is 9.50 Å². The Bertz CT molecular complexity index is 921. The van der Waals surface area contributed by atoms with Crippen molar-refractivity contribution in [3.05, 3.63) is 36.8 Å². The van der Waals surface area contributed by atoms with Crippen LogP contribution in [0.3, 0.4) is 0 Å². The molecule has 0 aliphatic carbocycles. The smallest absolute Gasteiger partial charge is 0.225 e. The van der Waals surface area contributed by atoms with Gasteiger partial charge in [0, 0.05) is 6.42 Å². The van der Waals surface area contributed by atoms with E-state index in [1.807, 2.05) is 6.92 Å². The number of unbranched alkanes of at least 4 members (excludes halogenated alkanes) is 1. The molecule has 28 heavy (non-hydrogen) atoms. The van der Waals surface area contributed by atoms with Crippen molar-refractivity contribution in [2.24, 2.45) is 5.92 Å². The molecule has 0 saturated carbocycles. The summed E-state index contributed by atoms with van der Waals surface area (Å²) in [6.07, 6.45) is 2.75. The van der Waals surface area contributed by atoms with Crippen molar-refractivity contribution in [1.82, 2.24) is 14.6 Å². The van der Waals surface area contributed by atoms with Crippen LogP contribution in [0.4, 0.5) is 5.82 Å². The van der Waals surface area contributed by atoms with E-state index in [0.29, 0.717) is 23.4 Å². The molecule has 2 aromatic heterocycles. The Labute approximate surface area is 162 Å². The summed E-state index contributed by atoms with van der Waals surface area (Å²) in [5.74, 6) is -0.606. The lowest BCUT2D eigenvalue weighted by Gasteiger charge is -2.25. The molecule has 1 aliphatic heterocycles. The van der Waals surface area contributed by atoms with Crippen molar-refractivity contribution < 1.29 is 19.7 Å². The van der Waals surface area contributed by atoms with Crippen LogP contribution in [0.25, 0.3) is 5.52 Å². The van der Waals surface area contributed by atoms with E-state index < -0.39 is 30.3 Å². The maximum absolute atomic E-state index is 12.1. The van der Waals surface area contributed by atoms with Crippen molar-refractivity contribution in [2.75, 3.05) is 11.9 Å². The fourth-order valence-electron chi connectivity index (χ4n) is 3.54. The first-order valence-electron chi connectivity index (χ1n) is 9.16. The molecule has 1 saturated heterocycles. The van der Waals surface area contributed by atoms with E-state index in [1.165, 1.54) is 16.9 Å². The predicted octanol–water partition coefficient (Wildman–Crippen LogP) is 1.13. The summed E-state index contributed by atoms with van der Waals surface area (Å²) in [5.41, 5.74) is -0.736. The number of rotatable bonds is 7. The maximum Gasteiger partial charge on any atom is 0.225 e. The number of aliphatic hydroxyl groups is 2. The van der Waals surface area contributed by atoms with Crippen LogP contribution in [0.15, 0.2) is 31.1 Å². The van der Waals surface area contributed by atoms with Crippen molar-refractivity contribution in [3.8, 4) is 6.07 Å². The Kier molecular flexibility index (Phi) is 5.74. The second-order valence-corrected chi connectivity index (χ2v) is 6.71. The van der Waals surface area contributed by atoms with Gasteiger partial charge in [0.15, 0.2) is 5.82 Å². The Balaban J connectivity index is 2.04. The van der Waals surface area contributed by atoms with E-state index >= 15 is 0 Å². The Morgan fingerprint density at radius 2 is 2.36 bits per heavy atom. The third kappa shape index (κ3) is 3.16. The van der Waals surface area contributed by atoms with Gasteiger partial charge in [0.25, 0.3) is 0 Å². The number of nitriles is 1. The topological polar surface area (TPSA) is 133 Å². The zero-order valence-corrected chi connectivity index (χ0v) is 15.6. The Hall–Kier alpha value is -2.80. The minimum Gasteiger partial charge on any atom is -0.394 e. The van der Waals surface area contributed by atoms with Crippen LogP contribution in [0.1, 0.15) is 31.9 Å². The molecule has 3 heterocycles. The summed E-state index contributed by atoms with van der Waals surface area (Å²) >= 11 is 0. The number of nitrogens with one attached hydrogen (secondary N) is 1. The number of aliphatic hydroxyl groups excluding tert-OH is 2. The second-order valence-electron chi connectivity index (χ2n) is 6.71. The summed E-state index contributed by atoms with van der Waals surface area (Å²) < 4.78 is 7.24. The predicted molar refractivity (Wildman–Crippen MR) is 100 cm³/mol. The van der Waals surface area contributed by atoms with Gasteiger partial charge in [0.2, 0.25) is 11.5 Å². The van der Waals surface area contributed by atoms with Crippen LogP contribution in [-0.2, 0) is 15.1 Å². The van der Waals surface area contributed by atoms with Gasteiger partial charge in [-0.05, 0) is 18.6 Å². The van der Waals surface area contributed by atoms with Gasteiger partial charge >= 0.3 is 0 Å². The number of hydrogen-bond donors (Lipinski definition) is 3. The molecule has 0 unspecified atom stereocenters. The zero-order valence-electron chi connectivity index (χ0n) is 15.6. The van der Waals surface area contributed by atoms with Crippen LogP contribution in [0.5, 0.6) is 0 Å². The van der Waals surface area contributed by atoms with E-state index in [-0.39, 0.29) is 5.91 Å². The second kappa shape index (κ2) is 8.06. The number of ether oxygens (including phenoxy) is 1. The first-order valence-corrected chi connectivity index (χ1v) is 9.16. The highest BCUT2D eigenvalue weighted by Crippen LogP contribution is 2.45. The Morgan fingerprint density at radius 3 is 3.00 bits per heavy atom. The number of nitrogens with zero attached hydrogens (tertiary/aromatic N) is 4. The lowest BCUT2D eigenvalue weighted by molar-refractivity contribution is -0.116. The molecule has 9 heteroatoms. The fourth-order valence-corrected chi connectivity index (χ4v) is 3.54. The van der Waals surface area contributed by atoms with Crippen molar-refractivity contribution in [1.29, 1.82) is 5.26 Å². The highest BCUT2D eigenvalue weighted by Gasteiger charge is 2.56. The molecule has 148 valence electrons. The molecule has 0 bridgehead atoms. The zero-order chi connectivity index (χ0) is 20.3. The van der Waals surface area contributed by atoms with Crippen molar-refractivity contribution in [2.45, 2.75) is 44.0 Å². The number of carbonyl (C=O) groups excluding carboxylic acids is 1. The van der Waals surface area contributed by atoms with Crippen molar-refractivity contribution >= 4 is 17.2 Å². The normalized spacial score (nSPS) is 26.9. The largest absolute Gasteiger partial charge is 0.394 e. The van der Waals surface area contributed by atoms with Crippen LogP contribution in [-0.4, -0.2) is 49.5 Å². The third-order valence-corrected chi connectivity index (χ3v) is 5.00. The molecule has 0 radical (unpaired) electrons. The molecule has 1 aliphatic rings. The van der Waals surface area contributed by atoms with Gasteiger partial charge in [-0.1, -0.05) is 19.4 Å². The molecular formula is C19H23N5O4.